The van der Waals surface area contributed by atoms with Crippen molar-refractivity contribution in [3.8, 4) is 23.3 Å². The third kappa shape index (κ3) is 7.30. The summed E-state index contributed by atoms with van der Waals surface area (Å²) in [6.07, 6.45) is 7.94. The minimum Gasteiger partial charge on any atom is -0.181 e. The monoisotopic (exact) mass is 304 g/mol. The molecule has 0 amide bonds. The standard InChI is InChI=1S/C19H24.C2N2/c1-2-3-4-5-7-12-18-15-10-11-16-19(18)17-13-8-6-9-14-17;3-1-2-4/h6,8-11,13-16H,2-5,7,12H2,1H3;. The fourth-order valence-corrected chi connectivity index (χ4v) is 2.56. The van der Waals surface area contributed by atoms with E-state index in [0.29, 0.717) is 0 Å². The van der Waals surface area contributed by atoms with Gasteiger partial charge in [-0.3, -0.25) is 0 Å². The van der Waals surface area contributed by atoms with Crippen molar-refractivity contribution in [3.63, 3.8) is 0 Å². The molecule has 0 aliphatic carbocycles. The lowest BCUT2D eigenvalue weighted by atomic mass is 9.96. The summed E-state index contributed by atoms with van der Waals surface area (Å²) in [6, 6.07) is 22.0. The zero-order valence-electron chi connectivity index (χ0n) is 13.8. The molecule has 0 unspecified atom stereocenters. The van der Waals surface area contributed by atoms with E-state index in [2.05, 4.69) is 61.5 Å². The summed E-state index contributed by atoms with van der Waals surface area (Å²) >= 11 is 0. The summed E-state index contributed by atoms with van der Waals surface area (Å²) in [4.78, 5) is 0. The third-order valence-corrected chi connectivity index (χ3v) is 3.70. The van der Waals surface area contributed by atoms with E-state index in [9.17, 15) is 0 Å². The highest BCUT2D eigenvalue weighted by molar-refractivity contribution is 5.67. The van der Waals surface area contributed by atoms with Gasteiger partial charge in [0, 0.05) is 0 Å². The first kappa shape index (κ1) is 18.5. The lowest BCUT2D eigenvalue weighted by molar-refractivity contribution is 0.632. The first-order valence-corrected chi connectivity index (χ1v) is 8.25. The molecule has 0 aromatic heterocycles. The van der Waals surface area contributed by atoms with Gasteiger partial charge in [-0.05, 0) is 29.5 Å². The number of unbranched alkanes of at least 4 members (excludes halogenated alkanes) is 4. The zero-order chi connectivity index (χ0) is 16.8. The average Bonchev–Trinajstić information content (AvgIpc) is 2.63. The second kappa shape index (κ2) is 12.0. The Morgan fingerprint density at radius 1 is 0.739 bits per heavy atom. The molecular weight excluding hydrogens is 280 g/mol. The minimum atomic E-state index is 1.20. The van der Waals surface area contributed by atoms with E-state index in [4.69, 9.17) is 10.5 Å². The normalized spacial score (nSPS) is 9.17. The van der Waals surface area contributed by atoms with E-state index in [-0.39, 0.29) is 0 Å². The van der Waals surface area contributed by atoms with Crippen LogP contribution in [0.2, 0.25) is 0 Å². The largest absolute Gasteiger partial charge is 0.181 e. The molecule has 0 radical (unpaired) electrons. The molecule has 0 heterocycles. The maximum absolute atomic E-state index is 7.26. The van der Waals surface area contributed by atoms with Gasteiger partial charge in [0.05, 0.1) is 0 Å². The summed E-state index contributed by atoms with van der Waals surface area (Å²) in [5.41, 5.74) is 4.23. The van der Waals surface area contributed by atoms with Crippen LogP contribution in [0.15, 0.2) is 54.6 Å². The van der Waals surface area contributed by atoms with Crippen molar-refractivity contribution >= 4 is 0 Å². The molecule has 2 aromatic rings. The molecule has 23 heavy (non-hydrogen) atoms. The van der Waals surface area contributed by atoms with E-state index in [1.807, 2.05) is 0 Å². The van der Waals surface area contributed by atoms with Crippen LogP contribution in [0.1, 0.15) is 44.6 Å². The van der Waals surface area contributed by atoms with E-state index < -0.39 is 0 Å². The van der Waals surface area contributed by atoms with Crippen LogP contribution >= 0.6 is 0 Å². The Kier molecular flexibility index (Phi) is 9.65. The number of hydrogen-bond acceptors (Lipinski definition) is 2. The van der Waals surface area contributed by atoms with Crippen LogP contribution in [-0.2, 0) is 6.42 Å². The van der Waals surface area contributed by atoms with Gasteiger partial charge in [-0.25, -0.2) is 0 Å². The number of hydrogen-bond donors (Lipinski definition) is 0. The summed E-state index contributed by atoms with van der Waals surface area (Å²) in [6.45, 7) is 2.27. The summed E-state index contributed by atoms with van der Waals surface area (Å²) in [7, 11) is 0. The van der Waals surface area contributed by atoms with Crippen molar-refractivity contribution in [1.29, 1.82) is 10.5 Å². The Morgan fingerprint density at radius 3 is 2.00 bits per heavy atom. The summed E-state index contributed by atoms with van der Waals surface area (Å²) in [5.74, 6) is 0. The molecule has 0 spiro atoms. The van der Waals surface area contributed by atoms with Crippen molar-refractivity contribution in [2.75, 3.05) is 0 Å². The molecule has 2 nitrogen and oxygen atoms in total. The Morgan fingerprint density at radius 2 is 1.35 bits per heavy atom. The van der Waals surface area contributed by atoms with Crippen molar-refractivity contribution in [2.45, 2.75) is 45.4 Å². The molecule has 0 bridgehead atoms. The van der Waals surface area contributed by atoms with Crippen LogP contribution in [0.25, 0.3) is 11.1 Å². The molecule has 0 atom stereocenters. The van der Waals surface area contributed by atoms with Crippen LogP contribution in [0.3, 0.4) is 0 Å². The minimum absolute atomic E-state index is 1.20. The van der Waals surface area contributed by atoms with Gasteiger partial charge in [0.2, 0.25) is 0 Å². The third-order valence-electron chi connectivity index (χ3n) is 3.70. The average molecular weight is 304 g/mol. The molecule has 0 fully saturated rings. The fraction of sp³-hybridized carbons (Fsp3) is 0.333. The topological polar surface area (TPSA) is 47.6 Å². The van der Waals surface area contributed by atoms with Gasteiger partial charge in [-0.1, -0.05) is 87.2 Å². The highest BCUT2D eigenvalue weighted by atomic mass is 14.3. The van der Waals surface area contributed by atoms with Crippen molar-refractivity contribution in [1.82, 2.24) is 0 Å². The molecule has 118 valence electrons. The van der Waals surface area contributed by atoms with Crippen LogP contribution in [0.4, 0.5) is 0 Å². The van der Waals surface area contributed by atoms with Crippen molar-refractivity contribution < 1.29 is 0 Å². The molecular formula is C21H24N2. The molecule has 0 aliphatic rings. The van der Waals surface area contributed by atoms with Gasteiger partial charge in [0.1, 0.15) is 0 Å². The van der Waals surface area contributed by atoms with Gasteiger partial charge in [-0.15, -0.1) is 0 Å². The summed E-state index contributed by atoms with van der Waals surface area (Å²) < 4.78 is 0. The Hall–Kier alpha value is -2.58. The van der Waals surface area contributed by atoms with E-state index in [1.54, 1.807) is 0 Å². The first-order valence-electron chi connectivity index (χ1n) is 8.25. The second-order valence-electron chi connectivity index (χ2n) is 5.41. The highest BCUT2D eigenvalue weighted by Crippen LogP contribution is 2.24. The van der Waals surface area contributed by atoms with Gasteiger partial charge in [0.25, 0.3) is 0 Å². The van der Waals surface area contributed by atoms with E-state index in [1.165, 1.54) is 67.4 Å². The predicted molar refractivity (Wildman–Crippen MR) is 95.6 cm³/mol. The van der Waals surface area contributed by atoms with Crippen LogP contribution in [-0.4, -0.2) is 0 Å². The lowest BCUT2D eigenvalue weighted by Crippen LogP contribution is -1.90. The highest BCUT2D eigenvalue weighted by Gasteiger charge is 2.03. The number of rotatable bonds is 7. The van der Waals surface area contributed by atoms with E-state index in [0.717, 1.165) is 0 Å². The smallest absolute Gasteiger partial charge is 0.181 e. The van der Waals surface area contributed by atoms with Crippen LogP contribution < -0.4 is 0 Å². The molecule has 0 saturated heterocycles. The summed E-state index contributed by atoms with van der Waals surface area (Å²) in [5, 5.41) is 14.5. The quantitative estimate of drug-likeness (QED) is 0.598. The Balaban J connectivity index is 0.000000593. The maximum Gasteiger partial charge on any atom is 0.181 e. The lowest BCUT2D eigenvalue weighted by Gasteiger charge is -2.09. The van der Waals surface area contributed by atoms with Crippen LogP contribution in [0, 0.1) is 22.7 Å². The first-order chi connectivity index (χ1) is 11.3. The molecule has 0 aliphatic heterocycles. The van der Waals surface area contributed by atoms with E-state index >= 15 is 0 Å². The molecule has 0 saturated carbocycles. The predicted octanol–water partition coefficient (Wildman–Crippen LogP) is 5.90. The van der Waals surface area contributed by atoms with Crippen LogP contribution in [0.5, 0.6) is 0 Å². The van der Waals surface area contributed by atoms with Gasteiger partial charge < -0.3 is 0 Å². The zero-order valence-corrected chi connectivity index (χ0v) is 13.8. The molecule has 0 N–H and O–H groups in total. The number of nitrogens with zero attached hydrogens (tertiary/aromatic N) is 2. The maximum atomic E-state index is 7.26. The van der Waals surface area contributed by atoms with Gasteiger partial charge in [0.15, 0.2) is 12.1 Å². The number of benzene rings is 2. The van der Waals surface area contributed by atoms with Gasteiger partial charge >= 0.3 is 0 Å². The second-order valence-corrected chi connectivity index (χ2v) is 5.41. The molecule has 2 rings (SSSR count). The number of aryl methyl sites for hydroxylation is 1. The Labute approximate surface area is 140 Å². The van der Waals surface area contributed by atoms with Crippen molar-refractivity contribution in [2.24, 2.45) is 0 Å². The van der Waals surface area contributed by atoms with Crippen molar-refractivity contribution in [3.05, 3.63) is 60.2 Å². The SMILES string of the molecule is CCCCCCCc1ccccc1-c1ccccc1.N#CC#N. The molecule has 2 heteroatoms. The Bertz CT molecular complexity index is 621. The fourth-order valence-electron chi connectivity index (χ4n) is 2.56. The number of nitriles is 2. The molecule has 2 aromatic carbocycles. The van der Waals surface area contributed by atoms with Gasteiger partial charge in [-0.2, -0.15) is 10.5 Å².